The van der Waals surface area contributed by atoms with E-state index in [1.807, 2.05) is 14.1 Å². The Labute approximate surface area is 75.2 Å². The SMILES string of the molecule is CC1CCCCC1(C#N)N(C)C. The van der Waals surface area contributed by atoms with Crippen LogP contribution in [0.5, 0.6) is 0 Å². The minimum atomic E-state index is -0.182. The molecule has 2 heteroatoms. The standard InChI is InChI=1S/C10H18N2/c1-9-6-4-5-7-10(9,8-11)12(2)3/h9H,4-7H2,1-3H3. The number of nitrogens with zero attached hydrogens (tertiary/aromatic N) is 2. The topological polar surface area (TPSA) is 27.0 Å². The van der Waals surface area contributed by atoms with Gasteiger partial charge in [0.25, 0.3) is 0 Å². The molecule has 0 amide bonds. The summed E-state index contributed by atoms with van der Waals surface area (Å²) in [4.78, 5) is 2.09. The lowest BCUT2D eigenvalue weighted by Gasteiger charge is -2.41. The van der Waals surface area contributed by atoms with Crippen molar-refractivity contribution < 1.29 is 0 Å². The normalized spacial score (nSPS) is 36.4. The first-order valence-corrected chi connectivity index (χ1v) is 4.72. The van der Waals surface area contributed by atoms with Gasteiger partial charge in [-0.2, -0.15) is 5.26 Å². The van der Waals surface area contributed by atoms with Crippen molar-refractivity contribution in [2.24, 2.45) is 5.92 Å². The summed E-state index contributed by atoms with van der Waals surface area (Å²) in [5, 5.41) is 9.19. The molecule has 2 unspecified atom stereocenters. The average molecular weight is 166 g/mol. The minimum absolute atomic E-state index is 0.182. The summed E-state index contributed by atoms with van der Waals surface area (Å²) in [7, 11) is 4.04. The number of hydrogen-bond acceptors (Lipinski definition) is 2. The van der Waals surface area contributed by atoms with Crippen LogP contribution >= 0.6 is 0 Å². The summed E-state index contributed by atoms with van der Waals surface area (Å²) < 4.78 is 0. The van der Waals surface area contributed by atoms with Gasteiger partial charge in [-0.1, -0.05) is 19.8 Å². The third-order valence-electron chi connectivity index (χ3n) is 3.25. The van der Waals surface area contributed by atoms with Gasteiger partial charge in [0.05, 0.1) is 6.07 Å². The van der Waals surface area contributed by atoms with E-state index in [2.05, 4.69) is 17.9 Å². The molecule has 1 aliphatic carbocycles. The third kappa shape index (κ3) is 1.34. The molecule has 0 saturated heterocycles. The van der Waals surface area contributed by atoms with Gasteiger partial charge in [0, 0.05) is 0 Å². The molecule has 0 radical (unpaired) electrons. The second-order valence-electron chi connectivity index (χ2n) is 4.08. The molecule has 1 aliphatic rings. The molecule has 0 spiro atoms. The summed E-state index contributed by atoms with van der Waals surface area (Å²) in [6.07, 6.45) is 4.73. The molecule has 0 aromatic heterocycles. The highest BCUT2D eigenvalue weighted by atomic mass is 15.1. The fraction of sp³-hybridized carbons (Fsp3) is 0.900. The molecule has 0 bridgehead atoms. The lowest BCUT2D eigenvalue weighted by molar-refractivity contribution is 0.0998. The van der Waals surface area contributed by atoms with Gasteiger partial charge in [-0.15, -0.1) is 0 Å². The van der Waals surface area contributed by atoms with Crippen molar-refractivity contribution in [3.8, 4) is 6.07 Å². The zero-order valence-corrected chi connectivity index (χ0v) is 8.30. The Morgan fingerprint density at radius 1 is 1.42 bits per heavy atom. The molecule has 2 atom stereocenters. The zero-order chi connectivity index (χ0) is 9.19. The zero-order valence-electron chi connectivity index (χ0n) is 8.30. The maximum Gasteiger partial charge on any atom is 0.111 e. The van der Waals surface area contributed by atoms with Crippen molar-refractivity contribution in [1.29, 1.82) is 5.26 Å². The van der Waals surface area contributed by atoms with Crippen LogP contribution in [0.3, 0.4) is 0 Å². The van der Waals surface area contributed by atoms with Gasteiger partial charge < -0.3 is 0 Å². The monoisotopic (exact) mass is 166 g/mol. The maximum absolute atomic E-state index is 9.19. The fourth-order valence-corrected chi connectivity index (χ4v) is 2.26. The molecule has 0 aromatic carbocycles. The van der Waals surface area contributed by atoms with Crippen LogP contribution in [0.2, 0.25) is 0 Å². The molecule has 1 fully saturated rings. The van der Waals surface area contributed by atoms with E-state index in [4.69, 9.17) is 0 Å². The quantitative estimate of drug-likeness (QED) is 0.596. The highest BCUT2D eigenvalue weighted by Crippen LogP contribution is 2.36. The molecule has 12 heavy (non-hydrogen) atoms. The van der Waals surface area contributed by atoms with Crippen molar-refractivity contribution in [3.63, 3.8) is 0 Å². The van der Waals surface area contributed by atoms with Crippen molar-refractivity contribution in [3.05, 3.63) is 0 Å². The van der Waals surface area contributed by atoms with Crippen LogP contribution in [0.1, 0.15) is 32.6 Å². The van der Waals surface area contributed by atoms with E-state index in [1.54, 1.807) is 0 Å². The molecule has 68 valence electrons. The Hall–Kier alpha value is -0.550. The van der Waals surface area contributed by atoms with E-state index in [1.165, 1.54) is 19.3 Å². The minimum Gasteiger partial charge on any atom is -0.291 e. The van der Waals surface area contributed by atoms with E-state index < -0.39 is 0 Å². The number of rotatable bonds is 1. The van der Waals surface area contributed by atoms with Crippen molar-refractivity contribution in [1.82, 2.24) is 4.90 Å². The largest absolute Gasteiger partial charge is 0.291 e. The lowest BCUT2D eigenvalue weighted by atomic mass is 9.74. The second-order valence-corrected chi connectivity index (χ2v) is 4.08. The van der Waals surface area contributed by atoms with Crippen LogP contribution in [0, 0.1) is 17.2 Å². The van der Waals surface area contributed by atoms with Gasteiger partial charge >= 0.3 is 0 Å². The molecule has 1 rings (SSSR count). The smallest absolute Gasteiger partial charge is 0.111 e. The van der Waals surface area contributed by atoms with E-state index in [0.29, 0.717) is 5.92 Å². The molecule has 1 saturated carbocycles. The fourth-order valence-electron chi connectivity index (χ4n) is 2.26. The molecule has 2 nitrogen and oxygen atoms in total. The number of nitriles is 1. The first-order valence-electron chi connectivity index (χ1n) is 4.72. The van der Waals surface area contributed by atoms with Gasteiger partial charge in [0.15, 0.2) is 0 Å². The van der Waals surface area contributed by atoms with Crippen LogP contribution in [0.25, 0.3) is 0 Å². The van der Waals surface area contributed by atoms with Crippen LogP contribution in [0.4, 0.5) is 0 Å². The Bertz CT molecular complexity index is 193. The molecular formula is C10H18N2. The predicted molar refractivity (Wildman–Crippen MR) is 49.7 cm³/mol. The highest BCUT2D eigenvalue weighted by Gasteiger charge is 2.40. The molecule has 0 aromatic rings. The van der Waals surface area contributed by atoms with Gasteiger partial charge in [-0.05, 0) is 32.9 Å². The Morgan fingerprint density at radius 2 is 2.08 bits per heavy atom. The Morgan fingerprint density at radius 3 is 2.42 bits per heavy atom. The summed E-state index contributed by atoms with van der Waals surface area (Å²) >= 11 is 0. The average Bonchev–Trinajstić information content (AvgIpc) is 2.05. The van der Waals surface area contributed by atoms with Gasteiger partial charge in [-0.25, -0.2) is 0 Å². The molecule has 0 heterocycles. The van der Waals surface area contributed by atoms with Crippen molar-refractivity contribution in [2.75, 3.05) is 14.1 Å². The molecular weight excluding hydrogens is 148 g/mol. The molecule has 0 N–H and O–H groups in total. The summed E-state index contributed by atoms with van der Waals surface area (Å²) in [6.45, 7) is 2.20. The first-order chi connectivity index (χ1) is 5.63. The van der Waals surface area contributed by atoms with E-state index in [0.717, 1.165) is 6.42 Å². The van der Waals surface area contributed by atoms with Crippen LogP contribution in [0.15, 0.2) is 0 Å². The summed E-state index contributed by atoms with van der Waals surface area (Å²) in [5.74, 6) is 0.520. The molecule has 0 aliphatic heterocycles. The van der Waals surface area contributed by atoms with E-state index >= 15 is 0 Å². The van der Waals surface area contributed by atoms with Crippen molar-refractivity contribution in [2.45, 2.75) is 38.1 Å². The summed E-state index contributed by atoms with van der Waals surface area (Å²) in [5.41, 5.74) is -0.182. The van der Waals surface area contributed by atoms with Crippen LogP contribution in [-0.2, 0) is 0 Å². The van der Waals surface area contributed by atoms with Gasteiger partial charge in [-0.3, -0.25) is 4.90 Å². The Kier molecular flexibility index (Phi) is 2.74. The van der Waals surface area contributed by atoms with Gasteiger partial charge in [0.1, 0.15) is 5.54 Å². The predicted octanol–water partition coefficient (Wildman–Crippen LogP) is 2.02. The van der Waals surface area contributed by atoms with Crippen LogP contribution < -0.4 is 0 Å². The van der Waals surface area contributed by atoms with E-state index in [-0.39, 0.29) is 5.54 Å². The second kappa shape index (κ2) is 3.45. The number of hydrogen-bond donors (Lipinski definition) is 0. The van der Waals surface area contributed by atoms with Gasteiger partial charge in [0.2, 0.25) is 0 Å². The highest BCUT2D eigenvalue weighted by molar-refractivity contribution is 5.11. The summed E-state index contributed by atoms with van der Waals surface area (Å²) in [6, 6.07) is 2.49. The van der Waals surface area contributed by atoms with E-state index in [9.17, 15) is 5.26 Å². The maximum atomic E-state index is 9.19. The lowest BCUT2D eigenvalue weighted by Crippen LogP contribution is -2.50. The van der Waals surface area contributed by atoms with Crippen LogP contribution in [-0.4, -0.2) is 24.5 Å². The first kappa shape index (κ1) is 9.54. The third-order valence-corrected chi connectivity index (χ3v) is 3.25. The Balaban J connectivity index is 2.83. The van der Waals surface area contributed by atoms with Crippen molar-refractivity contribution >= 4 is 0 Å².